The first-order valence-corrected chi connectivity index (χ1v) is 23.7. The van der Waals surface area contributed by atoms with Gasteiger partial charge in [0.1, 0.15) is 61.0 Å². The SMILES string of the molecule is C[C@@H]1O[C@@H](O[C@H]2[C@H](O[C@H]3[C@H](O[C@H]4CC[C@]5(C)[C@H]6CC=C7[C@@H]8[C@H](O)C(C)(C)CC[C@]8(C(=O)O)CC[C@@]7(C)[C@]6(C)CC[C@H]5C4(C)C)OC[C@@H](O)[C@@H]3O)O[C@H](CO)[C@@H](O)[C@@H]2O)[C@H](O)[C@H](O)[C@H]1O. The summed E-state index contributed by atoms with van der Waals surface area (Å²) in [7, 11) is 0. The van der Waals surface area contributed by atoms with Gasteiger partial charge in [0.15, 0.2) is 18.9 Å². The van der Waals surface area contributed by atoms with Crippen LogP contribution in [-0.2, 0) is 33.2 Å². The van der Waals surface area contributed by atoms with Crippen molar-refractivity contribution < 1.29 is 84.3 Å². The summed E-state index contributed by atoms with van der Waals surface area (Å²) in [5.74, 6) is -0.809. The predicted molar refractivity (Wildman–Crippen MR) is 225 cm³/mol. The van der Waals surface area contributed by atoms with Crippen LogP contribution in [0.4, 0.5) is 0 Å². The number of hydrogen-bond acceptors (Lipinski definition) is 16. The van der Waals surface area contributed by atoms with E-state index in [2.05, 4.69) is 54.5 Å². The molecule has 3 saturated heterocycles. The average Bonchev–Trinajstić information content (AvgIpc) is 3.23. The van der Waals surface area contributed by atoms with Crippen LogP contribution in [0.3, 0.4) is 0 Å². The van der Waals surface area contributed by atoms with Gasteiger partial charge in [0.25, 0.3) is 0 Å². The smallest absolute Gasteiger partial charge is 0.310 e. The molecule has 4 saturated carbocycles. The molecule has 64 heavy (non-hydrogen) atoms. The highest BCUT2D eigenvalue weighted by Crippen LogP contribution is 2.76. The molecule has 0 aromatic heterocycles. The van der Waals surface area contributed by atoms with Gasteiger partial charge >= 0.3 is 5.97 Å². The van der Waals surface area contributed by atoms with Crippen molar-refractivity contribution in [3.05, 3.63) is 11.6 Å². The number of carboxylic acid groups (broad SMARTS) is 1. The Hall–Kier alpha value is -1.39. The molecule has 10 N–H and O–H groups in total. The van der Waals surface area contributed by atoms with Gasteiger partial charge in [-0.25, -0.2) is 0 Å². The van der Waals surface area contributed by atoms with E-state index in [0.29, 0.717) is 25.7 Å². The zero-order valence-electron chi connectivity index (χ0n) is 38.7. The summed E-state index contributed by atoms with van der Waals surface area (Å²) in [4.78, 5) is 13.2. The minimum atomic E-state index is -1.80. The van der Waals surface area contributed by atoms with Crippen molar-refractivity contribution in [2.24, 2.45) is 50.2 Å². The molecule has 8 aliphatic rings. The molecule has 0 amide bonds. The Balaban J connectivity index is 1.04. The number of allylic oxidation sites excluding steroid dienone is 1. The molecule has 5 aliphatic carbocycles. The normalized spacial score (nSPS) is 54.6. The fraction of sp³-hybridized carbons (Fsp3) is 0.936. The highest BCUT2D eigenvalue weighted by atomic mass is 16.8. The number of aliphatic hydroxyl groups is 9. The highest BCUT2D eigenvalue weighted by Gasteiger charge is 2.71. The molecule has 366 valence electrons. The van der Waals surface area contributed by atoms with Crippen molar-refractivity contribution in [2.75, 3.05) is 13.2 Å². The number of carboxylic acids is 1. The second kappa shape index (κ2) is 16.9. The van der Waals surface area contributed by atoms with E-state index in [1.165, 1.54) is 6.92 Å². The Kier molecular flexibility index (Phi) is 13.0. The van der Waals surface area contributed by atoms with Gasteiger partial charge in [-0.3, -0.25) is 4.79 Å². The van der Waals surface area contributed by atoms with E-state index in [0.717, 1.165) is 37.7 Å². The van der Waals surface area contributed by atoms with Crippen molar-refractivity contribution in [3.63, 3.8) is 0 Å². The molecule has 0 unspecified atom stereocenters. The standard InChI is InChI=1S/C47H76O17/c1-21-29(50)32(53)34(55)38(60-21)63-36-33(54)31(52)24(19-48)61-40(36)64-35-30(51)23(49)20-59-39(35)62-27-12-13-44(6)25(43(27,4)5)11-14-46(8)26(44)10-9-22-28-37(56)42(2,3)15-17-47(28,41(57)58)18-16-45(22,46)7/h9,21,23-40,48-56H,10-20H2,1-8H3,(H,57,58)/t21-,23+,24+,25-,26+,27-,28+,29-,30-,31+,32+,33-,34+,35+,36+,37-,38-,39-,40-,44-,45+,46+,47-/m0/s1. The summed E-state index contributed by atoms with van der Waals surface area (Å²) in [6, 6.07) is 0. The molecule has 0 radical (unpaired) electrons. The first-order chi connectivity index (χ1) is 29.8. The molecule has 0 bridgehead atoms. The zero-order chi connectivity index (χ0) is 46.9. The van der Waals surface area contributed by atoms with Crippen molar-refractivity contribution >= 4 is 5.97 Å². The third-order valence-corrected chi connectivity index (χ3v) is 19.2. The van der Waals surface area contributed by atoms with Crippen molar-refractivity contribution in [2.45, 2.75) is 211 Å². The molecular weight excluding hydrogens is 837 g/mol. The van der Waals surface area contributed by atoms with Crippen LogP contribution in [0, 0.1) is 50.2 Å². The Morgan fingerprint density at radius 2 is 1.36 bits per heavy atom. The number of carbonyl (C=O) groups is 1. The lowest BCUT2D eigenvalue weighted by atomic mass is 9.33. The van der Waals surface area contributed by atoms with Crippen LogP contribution in [-0.4, -0.2) is 168 Å². The van der Waals surface area contributed by atoms with Crippen LogP contribution < -0.4 is 0 Å². The summed E-state index contributed by atoms with van der Waals surface area (Å²) in [5, 5.41) is 109. The number of aliphatic hydroxyl groups excluding tert-OH is 9. The van der Waals surface area contributed by atoms with Crippen molar-refractivity contribution in [1.82, 2.24) is 0 Å². The summed E-state index contributed by atoms with van der Waals surface area (Å²) < 4.78 is 36.6. The largest absolute Gasteiger partial charge is 0.481 e. The van der Waals surface area contributed by atoms with E-state index in [-0.39, 0.29) is 34.7 Å². The zero-order valence-corrected chi connectivity index (χ0v) is 38.7. The first-order valence-electron chi connectivity index (χ1n) is 23.7. The van der Waals surface area contributed by atoms with E-state index in [9.17, 15) is 55.9 Å². The molecule has 17 heteroatoms. The topological polar surface area (TPSA) is 275 Å². The minimum absolute atomic E-state index is 0.143. The second-order valence-corrected chi connectivity index (χ2v) is 23.0. The molecule has 7 fully saturated rings. The molecule has 0 aromatic rings. The van der Waals surface area contributed by atoms with Gasteiger partial charge in [-0.1, -0.05) is 60.1 Å². The second-order valence-electron chi connectivity index (χ2n) is 23.0. The average molecular weight is 913 g/mol. The Labute approximate surface area is 376 Å². The van der Waals surface area contributed by atoms with Gasteiger partial charge in [-0.05, 0) is 104 Å². The number of aliphatic carboxylic acids is 1. The maximum Gasteiger partial charge on any atom is 0.310 e. The summed E-state index contributed by atoms with van der Waals surface area (Å²) in [6.07, 6.45) is -13.8. The van der Waals surface area contributed by atoms with Gasteiger partial charge in [-0.15, -0.1) is 0 Å². The summed E-state index contributed by atoms with van der Waals surface area (Å²) in [6.45, 7) is 16.1. The van der Waals surface area contributed by atoms with Crippen molar-refractivity contribution in [3.8, 4) is 0 Å². The molecule has 3 heterocycles. The lowest BCUT2D eigenvalue weighted by Gasteiger charge is -2.71. The van der Waals surface area contributed by atoms with Gasteiger partial charge in [0, 0.05) is 5.92 Å². The highest BCUT2D eigenvalue weighted by molar-refractivity contribution is 5.77. The van der Waals surface area contributed by atoms with Crippen LogP contribution in [0.15, 0.2) is 11.6 Å². The Morgan fingerprint density at radius 1 is 0.703 bits per heavy atom. The van der Waals surface area contributed by atoms with E-state index in [1.54, 1.807) is 0 Å². The molecular formula is C47H76O17. The summed E-state index contributed by atoms with van der Waals surface area (Å²) in [5.41, 5.74) is -1.31. The van der Waals surface area contributed by atoms with Crippen LogP contribution >= 0.6 is 0 Å². The van der Waals surface area contributed by atoms with Crippen LogP contribution in [0.2, 0.25) is 0 Å². The van der Waals surface area contributed by atoms with Crippen molar-refractivity contribution in [1.29, 1.82) is 0 Å². The van der Waals surface area contributed by atoms with E-state index < -0.39 is 133 Å². The maximum atomic E-state index is 13.2. The number of hydrogen-bond donors (Lipinski definition) is 10. The molecule has 0 aromatic carbocycles. The fourth-order valence-electron chi connectivity index (χ4n) is 14.8. The van der Waals surface area contributed by atoms with Crippen LogP contribution in [0.5, 0.6) is 0 Å². The third-order valence-electron chi connectivity index (χ3n) is 19.2. The number of ether oxygens (including phenoxy) is 6. The molecule has 8 rings (SSSR count). The third kappa shape index (κ3) is 7.31. The minimum Gasteiger partial charge on any atom is -0.481 e. The van der Waals surface area contributed by atoms with Gasteiger partial charge in [0.05, 0.1) is 36.9 Å². The van der Waals surface area contributed by atoms with Gasteiger partial charge in [-0.2, -0.15) is 0 Å². The molecule has 23 atom stereocenters. The molecule has 0 spiro atoms. The molecule has 3 aliphatic heterocycles. The lowest BCUT2D eigenvalue weighted by Crippen LogP contribution is -2.67. The number of rotatable bonds is 8. The lowest BCUT2D eigenvalue weighted by molar-refractivity contribution is -0.392. The quantitative estimate of drug-likeness (QED) is 0.122. The van der Waals surface area contributed by atoms with E-state index >= 15 is 0 Å². The number of fused-ring (bicyclic) bond motifs is 7. The van der Waals surface area contributed by atoms with Crippen LogP contribution in [0.1, 0.15) is 113 Å². The monoisotopic (exact) mass is 913 g/mol. The fourth-order valence-corrected chi connectivity index (χ4v) is 14.8. The summed E-state index contributed by atoms with van der Waals surface area (Å²) >= 11 is 0. The van der Waals surface area contributed by atoms with Gasteiger partial charge < -0.3 is 79.5 Å². The van der Waals surface area contributed by atoms with E-state index in [4.69, 9.17) is 28.4 Å². The maximum absolute atomic E-state index is 13.2. The molecule has 17 nitrogen and oxygen atoms in total. The Bertz CT molecular complexity index is 1760. The van der Waals surface area contributed by atoms with Crippen LogP contribution in [0.25, 0.3) is 0 Å². The predicted octanol–water partition coefficient (Wildman–Crippen LogP) is 1.34. The Morgan fingerprint density at radius 3 is 2.03 bits per heavy atom. The van der Waals surface area contributed by atoms with Gasteiger partial charge in [0.2, 0.25) is 0 Å². The van der Waals surface area contributed by atoms with E-state index in [1.807, 2.05) is 0 Å². The first kappa shape index (κ1) is 49.0.